The highest BCUT2D eigenvalue weighted by molar-refractivity contribution is 7.91. The molecule has 6 nitrogen and oxygen atoms in total. The van der Waals surface area contributed by atoms with Crippen molar-refractivity contribution >= 4 is 26.6 Å². The summed E-state index contributed by atoms with van der Waals surface area (Å²) in [6.07, 6.45) is 2.88. The van der Waals surface area contributed by atoms with Crippen LogP contribution in [0, 0.1) is 5.82 Å². The molecule has 152 valence electrons. The molecule has 1 fully saturated rings. The first-order chi connectivity index (χ1) is 13.8. The number of carbonyl (C=O) groups is 1. The van der Waals surface area contributed by atoms with Crippen LogP contribution < -0.4 is 10.5 Å². The molecule has 1 amide bonds. The van der Waals surface area contributed by atoms with Crippen LogP contribution >= 0.6 is 0 Å². The Morgan fingerprint density at radius 3 is 2.52 bits per heavy atom. The summed E-state index contributed by atoms with van der Waals surface area (Å²) in [6.45, 7) is 0. The van der Waals surface area contributed by atoms with Crippen molar-refractivity contribution in [3.05, 3.63) is 53.5 Å². The summed E-state index contributed by atoms with van der Waals surface area (Å²) < 4.78 is 42.7. The fraction of sp³-hybridized carbons (Fsp3) is 0.286. The van der Waals surface area contributed by atoms with E-state index in [9.17, 15) is 17.6 Å². The third kappa shape index (κ3) is 3.60. The second-order valence-corrected chi connectivity index (χ2v) is 9.63. The molecule has 0 saturated carbocycles. The van der Waals surface area contributed by atoms with Crippen molar-refractivity contribution in [2.24, 2.45) is 5.73 Å². The summed E-state index contributed by atoms with van der Waals surface area (Å²) in [4.78, 5) is 15.2. The van der Waals surface area contributed by atoms with Crippen LogP contribution in [0.15, 0.2) is 36.5 Å². The summed E-state index contributed by atoms with van der Waals surface area (Å²) in [7, 11) is -1.59. The zero-order valence-electron chi connectivity index (χ0n) is 15.9. The van der Waals surface area contributed by atoms with E-state index in [1.165, 1.54) is 19.2 Å². The van der Waals surface area contributed by atoms with Gasteiger partial charge in [-0.05, 0) is 59.7 Å². The van der Waals surface area contributed by atoms with Gasteiger partial charge in [-0.15, -0.1) is 0 Å². The van der Waals surface area contributed by atoms with Gasteiger partial charge in [0.15, 0.2) is 11.6 Å². The highest BCUT2D eigenvalue weighted by Crippen LogP contribution is 2.37. The number of sulfone groups is 1. The molecule has 3 N–H and O–H groups in total. The van der Waals surface area contributed by atoms with E-state index < -0.39 is 21.6 Å². The van der Waals surface area contributed by atoms with Crippen LogP contribution in [0.5, 0.6) is 5.75 Å². The Kier molecular flexibility index (Phi) is 4.82. The van der Waals surface area contributed by atoms with Crippen molar-refractivity contribution in [1.29, 1.82) is 0 Å². The zero-order chi connectivity index (χ0) is 20.8. The summed E-state index contributed by atoms with van der Waals surface area (Å²) in [5.41, 5.74) is 8.70. The Balaban J connectivity index is 1.85. The lowest BCUT2D eigenvalue weighted by Gasteiger charge is -2.21. The van der Waals surface area contributed by atoms with Gasteiger partial charge in [-0.25, -0.2) is 12.8 Å². The van der Waals surface area contributed by atoms with E-state index in [1.54, 1.807) is 12.1 Å². The number of amides is 1. The van der Waals surface area contributed by atoms with Crippen LogP contribution in [0.1, 0.15) is 34.7 Å². The molecule has 0 bridgehead atoms. The molecule has 29 heavy (non-hydrogen) atoms. The molecular weight excluding hydrogens is 395 g/mol. The van der Waals surface area contributed by atoms with Crippen molar-refractivity contribution in [2.75, 3.05) is 18.6 Å². The number of primary amides is 1. The molecule has 8 heteroatoms. The normalized spacial score (nSPS) is 16.8. The van der Waals surface area contributed by atoms with Gasteiger partial charge in [0.1, 0.15) is 9.84 Å². The Morgan fingerprint density at radius 2 is 1.90 bits per heavy atom. The van der Waals surface area contributed by atoms with Crippen LogP contribution in [0.25, 0.3) is 22.0 Å². The number of aromatic amines is 1. The van der Waals surface area contributed by atoms with Gasteiger partial charge in [0.25, 0.3) is 5.91 Å². The maximum atomic E-state index is 14.2. The topological polar surface area (TPSA) is 102 Å². The molecule has 1 aromatic heterocycles. The molecule has 0 radical (unpaired) electrons. The van der Waals surface area contributed by atoms with Gasteiger partial charge in [-0.2, -0.15) is 0 Å². The average Bonchev–Trinajstić information content (AvgIpc) is 3.11. The number of hydrogen-bond acceptors (Lipinski definition) is 4. The maximum absolute atomic E-state index is 14.2. The van der Waals surface area contributed by atoms with E-state index in [0.29, 0.717) is 35.0 Å². The van der Waals surface area contributed by atoms with Crippen LogP contribution in [-0.2, 0) is 9.84 Å². The maximum Gasteiger partial charge on any atom is 0.250 e. The van der Waals surface area contributed by atoms with Gasteiger partial charge < -0.3 is 15.5 Å². The number of hydrogen-bond donors (Lipinski definition) is 2. The van der Waals surface area contributed by atoms with Crippen LogP contribution in [0.3, 0.4) is 0 Å². The minimum atomic E-state index is -2.98. The summed E-state index contributed by atoms with van der Waals surface area (Å²) >= 11 is 0. The standard InChI is InChI=1S/C21H21FN2O4S/c1-28-19-3-2-13(10-18(19)22)14-8-15-17(12-4-6-29(26,27)7-5-12)11-24-20(15)16(9-14)21(23)25/h2-3,8-12,24H,4-7H2,1H3,(H2,23,25). The van der Waals surface area contributed by atoms with Crippen molar-refractivity contribution in [2.45, 2.75) is 18.8 Å². The molecule has 2 aromatic carbocycles. The molecule has 1 saturated heterocycles. The van der Waals surface area contributed by atoms with Crippen molar-refractivity contribution < 1.29 is 22.3 Å². The number of nitrogens with one attached hydrogen (secondary N) is 1. The molecule has 1 aliphatic heterocycles. The van der Waals surface area contributed by atoms with Gasteiger partial charge >= 0.3 is 0 Å². The molecule has 1 aliphatic rings. The van der Waals surface area contributed by atoms with Gasteiger partial charge in [0.2, 0.25) is 0 Å². The molecule has 0 aliphatic carbocycles. The lowest BCUT2D eigenvalue weighted by Crippen LogP contribution is -2.22. The SMILES string of the molecule is COc1ccc(-c2cc(C(N)=O)c3[nH]cc(C4CCS(=O)(=O)CC4)c3c2)cc1F. The molecular formula is C21H21FN2O4S. The third-order valence-corrected chi connectivity index (χ3v) is 7.28. The number of fused-ring (bicyclic) bond motifs is 1. The quantitative estimate of drug-likeness (QED) is 0.681. The smallest absolute Gasteiger partial charge is 0.250 e. The average molecular weight is 416 g/mol. The second-order valence-electron chi connectivity index (χ2n) is 7.33. The van der Waals surface area contributed by atoms with E-state index in [1.807, 2.05) is 12.3 Å². The molecule has 3 aromatic rings. The van der Waals surface area contributed by atoms with Crippen molar-refractivity contribution in [3.63, 3.8) is 0 Å². The first-order valence-electron chi connectivity index (χ1n) is 9.28. The Bertz CT molecular complexity index is 1200. The number of rotatable bonds is 4. The monoisotopic (exact) mass is 416 g/mol. The van der Waals surface area contributed by atoms with E-state index in [4.69, 9.17) is 10.5 Å². The van der Waals surface area contributed by atoms with Crippen molar-refractivity contribution in [3.8, 4) is 16.9 Å². The predicted octanol–water partition coefficient (Wildman–Crippen LogP) is 3.37. The lowest BCUT2D eigenvalue weighted by molar-refractivity contribution is 0.100. The van der Waals surface area contributed by atoms with Crippen LogP contribution in [-0.4, -0.2) is 37.9 Å². The fourth-order valence-corrected chi connectivity index (χ4v) is 5.49. The van der Waals surface area contributed by atoms with E-state index in [2.05, 4.69) is 4.98 Å². The summed E-state index contributed by atoms with van der Waals surface area (Å²) in [5.74, 6) is -0.596. The highest BCUT2D eigenvalue weighted by atomic mass is 32.2. The molecule has 0 spiro atoms. The Labute approximate surface area is 167 Å². The van der Waals surface area contributed by atoms with E-state index in [0.717, 1.165) is 10.9 Å². The number of aromatic nitrogens is 1. The van der Waals surface area contributed by atoms with Gasteiger partial charge in [-0.3, -0.25) is 4.79 Å². The molecule has 2 heterocycles. The molecule has 4 rings (SSSR count). The Morgan fingerprint density at radius 1 is 1.17 bits per heavy atom. The van der Waals surface area contributed by atoms with E-state index >= 15 is 0 Å². The number of carbonyl (C=O) groups excluding carboxylic acids is 1. The zero-order valence-corrected chi connectivity index (χ0v) is 16.7. The Hall–Kier alpha value is -2.87. The largest absolute Gasteiger partial charge is 0.494 e. The molecule has 0 unspecified atom stereocenters. The fourth-order valence-electron chi connectivity index (χ4n) is 4.00. The van der Waals surface area contributed by atoms with Crippen LogP contribution in [0.2, 0.25) is 0 Å². The third-order valence-electron chi connectivity index (χ3n) is 5.57. The highest BCUT2D eigenvalue weighted by Gasteiger charge is 2.27. The van der Waals surface area contributed by atoms with Crippen LogP contribution in [0.4, 0.5) is 4.39 Å². The van der Waals surface area contributed by atoms with Crippen molar-refractivity contribution in [1.82, 2.24) is 4.98 Å². The number of H-pyrrole nitrogens is 1. The predicted molar refractivity (Wildman–Crippen MR) is 109 cm³/mol. The van der Waals surface area contributed by atoms with Gasteiger partial charge in [0, 0.05) is 11.6 Å². The minimum Gasteiger partial charge on any atom is -0.494 e. The minimum absolute atomic E-state index is 0.0656. The number of benzene rings is 2. The second kappa shape index (κ2) is 7.18. The first kappa shape index (κ1) is 19.4. The number of halogens is 1. The number of methoxy groups -OCH3 is 1. The first-order valence-corrected chi connectivity index (χ1v) is 11.1. The number of ether oxygens (including phenoxy) is 1. The van der Waals surface area contributed by atoms with E-state index in [-0.39, 0.29) is 23.2 Å². The summed E-state index contributed by atoms with van der Waals surface area (Å²) in [5, 5.41) is 0.803. The van der Waals surface area contributed by atoms with Gasteiger partial charge in [-0.1, -0.05) is 6.07 Å². The summed E-state index contributed by atoms with van der Waals surface area (Å²) in [6, 6.07) is 8.12. The molecule has 0 atom stereocenters. The van der Waals surface area contributed by atoms with Gasteiger partial charge in [0.05, 0.1) is 29.7 Å². The number of nitrogens with two attached hydrogens (primary N) is 1. The lowest BCUT2D eigenvalue weighted by atomic mass is 9.91.